The van der Waals surface area contributed by atoms with Gasteiger partial charge in [-0.05, 0) is 42.1 Å². The van der Waals surface area contributed by atoms with Crippen molar-refractivity contribution < 1.29 is 18.0 Å². The third-order valence-electron chi connectivity index (χ3n) is 3.17. The summed E-state index contributed by atoms with van der Waals surface area (Å²) in [5, 5.41) is 6.31. The standard InChI is InChI=1S/C14H10ClNO4S2/c15-10-3-1-9(2-4-10)13(17)20-16-12-5-7-21-14-11(12)6-8-22(14,18)19/h1-5,7H,6,8H2/b16-12+. The molecule has 8 heteroatoms. The van der Waals surface area contributed by atoms with Gasteiger partial charge in [0.25, 0.3) is 0 Å². The van der Waals surface area contributed by atoms with Crippen LogP contribution in [-0.2, 0) is 21.1 Å². The van der Waals surface area contributed by atoms with Crippen molar-refractivity contribution in [2.24, 2.45) is 5.16 Å². The zero-order chi connectivity index (χ0) is 15.7. The molecule has 114 valence electrons. The van der Waals surface area contributed by atoms with E-state index in [0.29, 0.717) is 32.1 Å². The average molecular weight is 356 g/mol. The quantitative estimate of drug-likeness (QED) is 0.612. The zero-order valence-electron chi connectivity index (χ0n) is 11.2. The van der Waals surface area contributed by atoms with E-state index in [0.717, 1.165) is 11.3 Å². The largest absolute Gasteiger partial charge is 0.365 e. The number of carbonyl (C=O) groups excluding carboxylic acids is 1. The fourth-order valence-corrected chi connectivity index (χ4v) is 5.11. The lowest BCUT2D eigenvalue weighted by molar-refractivity contribution is 0.0497. The maximum Gasteiger partial charge on any atom is 0.365 e. The summed E-state index contributed by atoms with van der Waals surface area (Å²) in [6.07, 6.45) is 0.381. The van der Waals surface area contributed by atoms with Crippen molar-refractivity contribution in [2.45, 2.75) is 10.6 Å². The summed E-state index contributed by atoms with van der Waals surface area (Å²) in [5.74, 6) is -0.560. The van der Waals surface area contributed by atoms with Gasteiger partial charge in [0.05, 0.1) is 11.3 Å². The van der Waals surface area contributed by atoms with Crippen LogP contribution in [0.4, 0.5) is 0 Å². The minimum atomic E-state index is -3.22. The SMILES string of the molecule is O=C(O/N=c1\ccsc2c1CCS2(=O)=O)c1ccc(Cl)cc1. The van der Waals surface area contributed by atoms with Gasteiger partial charge in [0.2, 0.25) is 0 Å². The molecule has 1 aromatic carbocycles. The van der Waals surface area contributed by atoms with Crippen molar-refractivity contribution in [1.29, 1.82) is 0 Å². The Bertz CT molecular complexity index is 901. The Morgan fingerprint density at radius 3 is 2.68 bits per heavy atom. The van der Waals surface area contributed by atoms with Gasteiger partial charge in [0, 0.05) is 10.6 Å². The van der Waals surface area contributed by atoms with E-state index >= 15 is 0 Å². The van der Waals surface area contributed by atoms with Gasteiger partial charge in [-0.25, -0.2) is 13.2 Å². The van der Waals surface area contributed by atoms with Crippen molar-refractivity contribution in [1.82, 2.24) is 0 Å². The van der Waals surface area contributed by atoms with Gasteiger partial charge in [-0.3, -0.25) is 0 Å². The summed E-state index contributed by atoms with van der Waals surface area (Å²) < 4.78 is 24.0. The summed E-state index contributed by atoms with van der Waals surface area (Å²) in [7, 11) is -3.22. The molecule has 0 N–H and O–H groups in total. The number of nitrogens with zero attached hydrogens (tertiary/aromatic N) is 1. The number of rotatable bonds is 2. The predicted octanol–water partition coefficient (Wildman–Crippen LogP) is 2.40. The maximum absolute atomic E-state index is 11.9. The van der Waals surface area contributed by atoms with Crippen LogP contribution in [0.3, 0.4) is 0 Å². The molecule has 0 saturated heterocycles. The first-order valence-corrected chi connectivity index (χ1v) is 9.23. The van der Waals surface area contributed by atoms with Crippen molar-refractivity contribution >= 4 is 38.7 Å². The second-order valence-corrected chi connectivity index (χ2v) is 8.27. The highest BCUT2D eigenvalue weighted by Crippen LogP contribution is 2.26. The average Bonchev–Trinajstić information content (AvgIpc) is 2.82. The van der Waals surface area contributed by atoms with E-state index in [9.17, 15) is 13.2 Å². The Labute approximate surface area is 135 Å². The Balaban J connectivity index is 1.90. The second-order valence-electron chi connectivity index (χ2n) is 4.62. The molecule has 22 heavy (non-hydrogen) atoms. The molecule has 1 aliphatic heterocycles. The van der Waals surface area contributed by atoms with Crippen LogP contribution in [0, 0.1) is 0 Å². The topological polar surface area (TPSA) is 72.8 Å². The minimum absolute atomic E-state index is 0.0660. The minimum Gasteiger partial charge on any atom is -0.312 e. The summed E-state index contributed by atoms with van der Waals surface area (Å²) in [6.45, 7) is 0. The highest BCUT2D eigenvalue weighted by molar-refractivity contribution is 7.93. The second kappa shape index (κ2) is 5.83. The van der Waals surface area contributed by atoms with Gasteiger partial charge in [-0.1, -0.05) is 16.8 Å². The highest BCUT2D eigenvalue weighted by atomic mass is 35.5. The smallest absolute Gasteiger partial charge is 0.312 e. The molecule has 3 rings (SSSR count). The molecule has 5 nitrogen and oxygen atoms in total. The molecule has 0 unspecified atom stereocenters. The number of halogens is 1. The molecular weight excluding hydrogens is 346 g/mol. The van der Waals surface area contributed by atoms with E-state index in [2.05, 4.69) is 5.16 Å². The van der Waals surface area contributed by atoms with E-state index in [-0.39, 0.29) is 5.75 Å². The van der Waals surface area contributed by atoms with Crippen LogP contribution in [0.1, 0.15) is 15.9 Å². The lowest BCUT2D eigenvalue weighted by atomic mass is 10.2. The van der Waals surface area contributed by atoms with Gasteiger partial charge in [-0.2, -0.15) is 0 Å². The van der Waals surface area contributed by atoms with Crippen LogP contribution < -0.4 is 5.36 Å². The summed E-state index contributed by atoms with van der Waals surface area (Å²) >= 11 is 6.90. The van der Waals surface area contributed by atoms with E-state index in [1.54, 1.807) is 23.6 Å². The zero-order valence-corrected chi connectivity index (χ0v) is 13.5. The van der Waals surface area contributed by atoms with E-state index < -0.39 is 15.8 Å². The van der Waals surface area contributed by atoms with Crippen LogP contribution in [0.15, 0.2) is 45.1 Å². The van der Waals surface area contributed by atoms with Crippen molar-refractivity contribution in [2.75, 3.05) is 5.75 Å². The molecule has 1 aromatic heterocycles. The van der Waals surface area contributed by atoms with Crippen molar-refractivity contribution in [3.8, 4) is 0 Å². The molecule has 0 saturated carbocycles. The number of sulfone groups is 1. The molecule has 0 amide bonds. The normalized spacial score (nSPS) is 16.3. The van der Waals surface area contributed by atoms with Crippen LogP contribution in [0.2, 0.25) is 5.02 Å². The number of carbonyl (C=O) groups is 1. The predicted molar refractivity (Wildman–Crippen MR) is 82.5 cm³/mol. The molecule has 0 atom stereocenters. The van der Waals surface area contributed by atoms with Gasteiger partial charge in [-0.15, -0.1) is 11.3 Å². The van der Waals surface area contributed by atoms with Crippen LogP contribution in [0.5, 0.6) is 0 Å². The van der Waals surface area contributed by atoms with Crippen LogP contribution in [-0.4, -0.2) is 20.1 Å². The molecule has 0 radical (unpaired) electrons. The Morgan fingerprint density at radius 1 is 1.23 bits per heavy atom. The fraction of sp³-hybridized carbons (Fsp3) is 0.143. The summed E-state index contributed by atoms with van der Waals surface area (Å²) in [4.78, 5) is 16.8. The Kier molecular flexibility index (Phi) is 4.03. The number of hydrogen-bond acceptors (Lipinski definition) is 6. The first kappa shape index (κ1) is 15.2. The number of fused-ring (bicyclic) bond motifs is 1. The highest BCUT2D eigenvalue weighted by Gasteiger charge is 2.28. The van der Waals surface area contributed by atoms with Gasteiger partial charge >= 0.3 is 5.97 Å². The molecular formula is C14H10ClNO4S2. The maximum atomic E-state index is 11.9. The van der Waals surface area contributed by atoms with Crippen molar-refractivity contribution in [3.05, 3.63) is 57.2 Å². The van der Waals surface area contributed by atoms with E-state index in [1.165, 1.54) is 12.1 Å². The molecule has 0 spiro atoms. The van der Waals surface area contributed by atoms with E-state index in [4.69, 9.17) is 16.4 Å². The lowest BCUT2D eigenvalue weighted by Gasteiger charge is -1.99. The summed E-state index contributed by atoms with van der Waals surface area (Å²) in [5.41, 5.74) is 0.924. The Morgan fingerprint density at radius 2 is 1.95 bits per heavy atom. The monoisotopic (exact) mass is 355 g/mol. The van der Waals surface area contributed by atoms with Crippen LogP contribution in [0.25, 0.3) is 0 Å². The first-order chi connectivity index (χ1) is 10.5. The molecule has 0 fully saturated rings. The first-order valence-electron chi connectivity index (χ1n) is 6.32. The third kappa shape index (κ3) is 2.92. The lowest BCUT2D eigenvalue weighted by Crippen LogP contribution is -2.11. The van der Waals surface area contributed by atoms with Gasteiger partial charge < -0.3 is 4.84 Å². The number of hydrogen-bond donors (Lipinski definition) is 0. The molecule has 2 heterocycles. The summed E-state index contributed by atoms with van der Waals surface area (Å²) in [6, 6.07) is 7.85. The van der Waals surface area contributed by atoms with Crippen LogP contribution >= 0.6 is 22.9 Å². The van der Waals surface area contributed by atoms with Gasteiger partial charge in [0.15, 0.2) is 9.84 Å². The molecule has 0 aliphatic carbocycles. The third-order valence-corrected chi connectivity index (χ3v) is 6.75. The number of benzene rings is 1. The molecule has 0 bridgehead atoms. The Hall–Kier alpha value is -1.70. The van der Waals surface area contributed by atoms with E-state index in [1.807, 2.05) is 0 Å². The van der Waals surface area contributed by atoms with Crippen molar-refractivity contribution in [3.63, 3.8) is 0 Å². The van der Waals surface area contributed by atoms with Gasteiger partial charge in [0.1, 0.15) is 9.57 Å². The fourth-order valence-electron chi connectivity index (χ4n) is 2.07. The molecule has 2 aromatic rings. The molecule has 1 aliphatic rings.